The fourth-order valence-corrected chi connectivity index (χ4v) is 2.23. The smallest absolute Gasteiger partial charge is 0.0433 e. The van der Waals surface area contributed by atoms with Crippen LogP contribution in [0.4, 0.5) is 0 Å². The van der Waals surface area contributed by atoms with E-state index in [1.165, 1.54) is 36.8 Å². The summed E-state index contributed by atoms with van der Waals surface area (Å²) >= 11 is 0. The van der Waals surface area contributed by atoms with Crippen LogP contribution >= 0.6 is 0 Å². The first-order chi connectivity index (χ1) is 10.3. The van der Waals surface area contributed by atoms with E-state index >= 15 is 0 Å². The average molecular weight is 313 g/mol. The van der Waals surface area contributed by atoms with Gasteiger partial charge in [-0.25, -0.2) is 0 Å². The van der Waals surface area contributed by atoms with Crippen molar-refractivity contribution in [3.63, 3.8) is 0 Å². The third kappa shape index (κ3) is 21.7. The Hall–Kier alpha value is -0.600. The topological polar surface area (TPSA) is 40.5 Å². The summed E-state index contributed by atoms with van der Waals surface area (Å²) in [7, 11) is 0. The standard InChI is InChI=1S/2C10H20O/c2*1-9(2)5-4-6-10(3)7-8-11/h2*10-11H,1,4-8H2,2-3H3. The van der Waals surface area contributed by atoms with Gasteiger partial charge in [0.05, 0.1) is 0 Å². The van der Waals surface area contributed by atoms with Gasteiger partial charge in [-0.1, -0.05) is 37.8 Å². The molecule has 0 rings (SSSR count). The number of aliphatic hydroxyl groups is 2. The number of aliphatic hydroxyl groups excluding tert-OH is 2. The van der Waals surface area contributed by atoms with Crippen molar-refractivity contribution in [3.8, 4) is 0 Å². The number of rotatable bonds is 12. The Balaban J connectivity index is 0. The second-order valence-corrected chi connectivity index (χ2v) is 6.93. The number of hydrogen-bond donors (Lipinski definition) is 2. The van der Waals surface area contributed by atoms with Gasteiger partial charge in [-0.05, 0) is 64.2 Å². The SMILES string of the molecule is C=C(C)CCCC(C)CCO.C=C(C)CCCC(C)CCO. The van der Waals surface area contributed by atoms with Gasteiger partial charge in [0.25, 0.3) is 0 Å². The monoisotopic (exact) mass is 312 g/mol. The average Bonchev–Trinajstić information content (AvgIpc) is 2.39. The van der Waals surface area contributed by atoms with Gasteiger partial charge in [-0.15, -0.1) is 13.2 Å². The van der Waals surface area contributed by atoms with E-state index in [0.717, 1.165) is 25.7 Å². The molecular formula is C20H40O2. The predicted octanol–water partition coefficient (Wildman–Crippen LogP) is 5.50. The highest BCUT2D eigenvalue weighted by Gasteiger charge is 2.00. The molecule has 0 aromatic rings. The Bertz CT molecular complexity index is 243. The van der Waals surface area contributed by atoms with Crippen molar-refractivity contribution in [2.75, 3.05) is 13.2 Å². The van der Waals surface area contributed by atoms with Crippen molar-refractivity contribution in [1.29, 1.82) is 0 Å². The zero-order valence-corrected chi connectivity index (χ0v) is 15.5. The van der Waals surface area contributed by atoms with Crippen molar-refractivity contribution in [3.05, 3.63) is 24.3 Å². The molecular weight excluding hydrogens is 272 g/mol. The molecule has 0 aliphatic rings. The van der Waals surface area contributed by atoms with E-state index < -0.39 is 0 Å². The molecule has 0 fully saturated rings. The summed E-state index contributed by atoms with van der Waals surface area (Å²) in [4.78, 5) is 0. The summed E-state index contributed by atoms with van der Waals surface area (Å²) < 4.78 is 0. The highest BCUT2D eigenvalue weighted by atomic mass is 16.3. The zero-order valence-electron chi connectivity index (χ0n) is 15.5. The lowest BCUT2D eigenvalue weighted by molar-refractivity contribution is 0.257. The molecule has 0 aromatic carbocycles. The minimum Gasteiger partial charge on any atom is -0.396 e. The third-order valence-electron chi connectivity index (χ3n) is 3.84. The largest absolute Gasteiger partial charge is 0.396 e. The second kappa shape index (κ2) is 16.8. The summed E-state index contributed by atoms with van der Waals surface area (Å²) in [5.74, 6) is 1.33. The van der Waals surface area contributed by atoms with Crippen molar-refractivity contribution in [1.82, 2.24) is 0 Å². The maximum Gasteiger partial charge on any atom is 0.0433 e. The van der Waals surface area contributed by atoms with Crippen molar-refractivity contribution in [2.24, 2.45) is 11.8 Å². The van der Waals surface area contributed by atoms with Gasteiger partial charge in [0.1, 0.15) is 0 Å². The third-order valence-corrected chi connectivity index (χ3v) is 3.84. The van der Waals surface area contributed by atoms with Crippen LogP contribution in [0.2, 0.25) is 0 Å². The molecule has 0 spiro atoms. The lowest BCUT2D eigenvalue weighted by atomic mass is 10.00. The highest BCUT2D eigenvalue weighted by Crippen LogP contribution is 2.14. The molecule has 0 saturated heterocycles. The van der Waals surface area contributed by atoms with Crippen LogP contribution in [-0.4, -0.2) is 23.4 Å². The molecule has 0 aromatic heterocycles. The van der Waals surface area contributed by atoms with Gasteiger partial charge in [0.15, 0.2) is 0 Å². The molecule has 0 aliphatic carbocycles. The fraction of sp³-hybridized carbons (Fsp3) is 0.800. The van der Waals surface area contributed by atoms with Crippen molar-refractivity contribution in [2.45, 2.75) is 79.1 Å². The van der Waals surface area contributed by atoms with E-state index in [4.69, 9.17) is 10.2 Å². The van der Waals surface area contributed by atoms with E-state index in [1.54, 1.807) is 0 Å². The van der Waals surface area contributed by atoms with Crippen LogP contribution in [0.3, 0.4) is 0 Å². The summed E-state index contributed by atoms with van der Waals surface area (Å²) in [5.41, 5.74) is 2.53. The Morgan fingerprint density at radius 2 is 1.05 bits per heavy atom. The Morgan fingerprint density at radius 3 is 1.27 bits per heavy atom. The van der Waals surface area contributed by atoms with E-state index in [9.17, 15) is 0 Å². The maximum absolute atomic E-state index is 8.63. The predicted molar refractivity (Wildman–Crippen MR) is 99.1 cm³/mol. The molecule has 0 bridgehead atoms. The van der Waals surface area contributed by atoms with Crippen LogP contribution < -0.4 is 0 Å². The second-order valence-electron chi connectivity index (χ2n) is 6.93. The number of allylic oxidation sites excluding steroid dienone is 2. The van der Waals surface area contributed by atoms with Crippen molar-refractivity contribution < 1.29 is 10.2 Å². The van der Waals surface area contributed by atoms with Gasteiger partial charge in [-0.3, -0.25) is 0 Å². The molecule has 2 unspecified atom stereocenters. The van der Waals surface area contributed by atoms with E-state index in [0.29, 0.717) is 25.0 Å². The van der Waals surface area contributed by atoms with Crippen LogP contribution in [0.25, 0.3) is 0 Å². The first-order valence-corrected chi connectivity index (χ1v) is 8.83. The molecule has 132 valence electrons. The van der Waals surface area contributed by atoms with Crippen LogP contribution in [0.15, 0.2) is 24.3 Å². The van der Waals surface area contributed by atoms with Crippen LogP contribution in [-0.2, 0) is 0 Å². The van der Waals surface area contributed by atoms with Gasteiger partial charge >= 0.3 is 0 Å². The Kier molecular flexibility index (Phi) is 18.0. The molecule has 0 heterocycles. The summed E-state index contributed by atoms with van der Waals surface area (Å²) in [6, 6.07) is 0. The normalized spacial score (nSPS) is 13.0. The molecule has 0 saturated carbocycles. The summed E-state index contributed by atoms with van der Waals surface area (Å²) in [6.07, 6.45) is 9.02. The van der Waals surface area contributed by atoms with Gasteiger partial charge in [0.2, 0.25) is 0 Å². The lowest BCUT2D eigenvalue weighted by Crippen LogP contribution is -1.97. The minimum atomic E-state index is 0.328. The Labute approximate surface area is 139 Å². The van der Waals surface area contributed by atoms with Gasteiger partial charge < -0.3 is 10.2 Å². The van der Waals surface area contributed by atoms with Crippen LogP contribution in [0.1, 0.15) is 79.1 Å². The minimum absolute atomic E-state index is 0.328. The number of hydrogen-bond acceptors (Lipinski definition) is 2. The molecule has 2 heteroatoms. The molecule has 0 aliphatic heterocycles. The molecule has 0 radical (unpaired) electrons. The van der Waals surface area contributed by atoms with Gasteiger partial charge in [-0.2, -0.15) is 0 Å². The van der Waals surface area contributed by atoms with Crippen LogP contribution in [0, 0.1) is 11.8 Å². The molecule has 0 amide bonds. The first kappa shape index (κ1) is 23.7. The van der Waals surface area contributed by atoms with E-state index in [1.807, 2.05) is 0 Å². The zero-order chi connectivity index (χ0) is 17.4. The molecule has 2 atom stereocenters. The summed E-state index contributed by atoms with van der Waals surface area (Å²) in [5, 5.41) is 17.3. The molecule has 2 N–H and O–H groups in total. The lowest BCUT2D eigenvalue weighted by Gasteiger charge is -2.08. The van der Waals surface area contributed by atoms with Crippen LogP contribution in [0.5, 0.6) is 0 Å². The van der Waals surface area contributed by atoms with E-state index in [2.05, 4.69) is 40.9 Å². The quantitative estimate of drug-likeness (QED) is 0.467. The highest BCUT2D eigenvalue weighted by molar-refractivity contribution is 4.87. The van der Waals surface area contributed by atoms with Crippen molar-refractivity contribution >= 4 is 0 Å². The first-order valence-electron chi connectivity index (χ1n) is 8.83. The Morgan fingerprint density at radius 1 is 0.727 bits per heavy atom. The maximum atomic E-state index is 8.63. The fourth-order valence-electron chi connectivity index (χ4n) is 2.23. The van der Waals surface area contributed by atoms with Gasteiger partial charge in [0, 0.05) is 13.2 Å². The molecule has 22 heavy (non-hydrogen) atoms. The van der Waals surface area contributed by atoms with E-state index in [-0.39, 0.29) is 0 Å². The molecule has 2 nitrogen and oxygen atoms in total. The summed E-state index contributed by atoms with van der Waals surface area (Å²) in [6.45, 7) is 16.9.